The molecule has 5 nitrogen and oxygen atoms in total. The fourth-order valence-electron chi connectivity index (χ4n) is 0.983. The van der Waals surface area contributed by atoms with E-state index in [1.807, 2.05) is 0 Å². The Hall–Kier alpha value is -1.24. The van der Waals surface area contributed by atoms with E-state index in [-0.39, 0.29) is 12.8 Å². The summed E-state index contributed by atoms with van der Waals surface area (Å²) >= 11 is 0. The second kappa shape index (κ2) is 6.28. The number of hydrogen-bond donors (Lipinski definition) is 2. The van der Waals surface area contributed by atoms with Crippen molar-refractivity contribution >= 4 is 11.9 Å². The first-order chi connectivity index (χ1) is 6.84. The second-order valence-electron chi connectivity index (χ2n) is 3.15. The molecule has 0 aliphatic rings. The quantitative estimate of drug-likeness (QED) is 0.660. The third-order valence-corrected chi connectivity index (χ3v) is 1.77. The summed E-state index contributed by atoms with van der Waals surface area (Å²) in [6, 6.07) is -1.04. The average Bonchev–Trinajstić information content (AvgIpc) is 2.11. The SMILES string of the molecule is CN(CC(F)F)C(=O)C(N)CCC(=O)O. The Balaban J connectivity index is 4.01. The van der Waals surface area contributed by atoms with Crippen LogP contribution >= 0.6 is 0 Å². The highest BCUT2D eigenvalue weighted by molar-refractivity contribution is 5.82. The topological polar surface area (TPSA) is 83.6 Å². The van der Waals surface area contributed by atoms with Crippen LogP contribution in [0.15, 0.2) is 0 Å². The van der Waals surface area contributed by atoms with Gasteiger partial charge in [-0.1, -0.05) is 0 Å². The molecule has 0 aromatic rings. The van der Waals surface area contributed by atoms with Crippen LogP contribution in [0.2, 0.25) is 0 Å². The van der Waals surface area contributed by atoms with Gasteiger partial charge in [-0.3, -0.25) is 9.59 Å². The summed E-state index contributed by atoms with van der Waals surface area (Å²) in [5.74, 6) is -1.74. The van der Waals surface area contributed by atoms with Crippen molar-refractivity contribution in [2.75, 3.05) is 13.6 Å². The van der Waals surface area contributed by atoms with Crippen LogP contribution in [0.5, 0.6) is 0 Å². The largest absolute Gasteiger partial charge is 0.481 e. The van der Waals surface area contributed by atoms with Crippen LogP contribution in [0.4, 0.5) is 8.78 Å². The monoisotopic (exact) mass is 224 g/mol. The van der Waals surface area contributed by atoms with E-state index in [9.17, 15) is 18.4 Å². The van der Waals surface area contributed by atoms with Gasteiger partial charge in [-0.2, -0.15) is 0 Å². The van der Waals surface area contributed by atoms with Gasteiger partial charge < -0.3 is 15.7 Å². The number of aliphatic carboxylic acids is 1. The van der Waals surface area contributed by atoms with Gasteiger partial charge in [0.2, 0.25) is 5.91 Å². The third kappa shape index (κ3) is 5.95. The maximum Gasteiger partial charge on any atom is 0.303 e. The number of nitrogens with two attached hydrogens (primary N) is 1. The number of rotatable bonds is 6. The Morgan fingerprint density at radius 2 is 2.00 bits per heavy atom. The Morgan fingerprint density at radius 3 is 2.40 bits per heavy atom. The molecule has 0 saturated carbocycles. The van der Waals surface area contributed by atoms with Crippen molar-refractivity contribution in [3.05, 3.63) is 0 Å². The first-order valence-corrected chi connectivity index (χ1v) is 4.35. The van der Waals surface area contributed by atoms with Gasteiger partial charge in [0.25, 0.3) is 6.43 Å². The lowest BCUT2D eigenvalue weighted by molar-refractivity contribution is -0.137. The van der Waals surface area contributed by atoms with Crippen LogP contribution in [0.25, 0.3) is 0 Å². The normalized spacial score (nSPS) is 12.6. The standard InChI is InChI=1S/C8H14F2N2O3/c1-12(4-6(9)10)8(15)5(11)2-3-7(13)14/h5-6H,2-4,11H2,1H3,(H,13,14). The van der Waals surface area contributed by atoms with Crippen molar-refractivity contribution in [2.45, 2.75) is 25.3 Å². The third-order valence-electron chi connectivity index (χ3n) is 1.77. The van der Waals surface area contributed by atoms with E-state index in [0.717, 1.165) is 4.90 Å². The van der Waals surface area contributed by atoms with Crippen LogP contribution in [0, 0.1) is 0 Å². The van der Waals surface area contributed by atoms with Crippen LogP contribution in [-0.2, 0) is 9.59 Å². The molecule has 0 rings (SSSR count). The predicted molar refractivity (Wildman–Crippen MR) is 48.5 cm³/mol. The Labute approximate surface area is 85.8 Å². The minimum atomic E-state index is -2.62. The van der Waals surface area contributed by atoms with Crippen molar-refractivity contribution in [2.24, 2.45) is 5.73 Å². The van der Waals surface area contributed by atoms with Crippen molar-refractivity contribution in [3.8, 4) is 0 Å². The lowest BCUT2D eigenvalue weighted by Gasteiger charge is -2.20. The molecule has 88 valence electrons. The minimum Gasteiger partial charge on any atom is -0.481 e. The number of nitrogens with zero attached hydrogens (tertiary/aromatic N) is 1. The zero-order chi connectivity index (χ0) is 12.0. The summed E-state index contributed by atoms with van der Waals surface area (Å²) in [6.45, 7) is -0.695. The molecule has 0 fully saturated rings. The number of amides is 1. The highest BCUT2D eigenvalue weighted by Gasteiger charge is 2.20. The maximum absolute atomic E-state index is 11.9. The summed E-state index contributed by atoms with van der Waals surface area (Å²) in [5.41, 5.74) is 5.34. The molecule has 7 heteroatoms. The van der Waals surface area contributed by atoms with Crippen molar-refractivity contribution in [3.63, 3.8) is 0 Å². The number of alkyl halides is 2. The summed E-state index contributed by atoms with van der Waals surface area (Å²) < 4.78 is 23.8. The van der Waals surface area contributed by atoms with E-state index in [0.29, 0.717) is 0 Å². The maximum atomic E-state index is 11.9. The van der Waals surface area contributed by atoms with E-state index >= 15 is 0 Å². The number of carboxylic acid groups (broad SMARTS) is 1. The lowest BCUT2D eigenvalue weighted by atomic mass is 10.1. The molecule has 0 radical (unpaired) electrons. The summed E-state index contributed by atoms with van der Waals surface area (Å²) in [4.78, 5) is 22.2. The number of halogens is 2. The highest BCUT2D eigenvalue weighted by Crippen LogP contribution is 2.02. The molecular weight excluding hydrogens is 210 g/mol. The smallest absolute Gasteiger partial charge is 0.303 e. The minimum absolute atomic E-state index is 0.0538. The van der Waals surface area contributed by atoms with Crippen LogP contribution in [0.1, 0.15) is 12.8 Å². The molecule has 1 unspecified atom stereocenters. The molecule has 3 N–H and O–H groups in total. The van der Waals surface area contributed by atoms with Gasteiger partial charge in [0.15, 0.2) is 0 Å². The zero-order valence-corrected chi connectivity index (χ0v) is 8.32. The number of carbonyl (C=O) groups is 2. The molecule has 0 saturated heterocycles. The first-order valence-electron chi connectivity index (χ1n) is 4.35. The lowest BCUT2D eigenvalue weighted by Crippen LogP contribution is -2.43. The Kier molecular flexibility index (Phi) is 5.76. The van der Waals surface area contributed by atoms with Crippen molar-refractivity contribution in [1.29, 1.82) is 0 Å². The number of likely N-dealkylation sites (N-methyl/N-ethyl adjacent to an activating group) is 1. The van der Waals surface area contributed by atoms with Gasteiger partial charge in [0.1, 0.15) is 0 Å². The van der Waals surface area contributed by atoms with E-state index in [4.69, 9.17) is 10.8 Å². The molecule has 0 aliphatic carbocycles. The fourth-order valence-corrected chi connectivity index (χ4v) is 0.983. The number of hydrogen-bond acceptors (Lipinski definition) is 3. The van der Waals surface area contributed by atoms with Gasteiger partial charge >= 0.3 is 5.97 Å². The van der Waals surface area contributed by atoms with E-state index in [1.165, 1.54) is 7.05 Å². The van der Waals surface area contributed by atoms with Crippen molar-refractivity contribution < 1.29 is 23.5 Å². The van der Waals surface area contributed by atoms with E-state index in [2.05, 4.69) is 0 Å². The number of carboxylic acids is 1. The van der Waals surface area contributed by atoms with Crippen molar-refractivity contribution in [1.82, 2.24) is 4.90 Å². The molecule has 0 heterocycles. The molecule has 1 atom stereocenters. The Morgan fingerprint density at radius 1 is 1.47 bits per heavy atom. The van der Waals surface area contributed by atoms with E-state index in [1.54, 1.807) is 0 Å². The molecule has 0 spiro atoms. The molecular formula is C8H14F2N2O3. The average molecular weight is 224 g/mol. The first kappa shape index (κ1) is 13.8. The molecule has 15 heavy (non-hydrogen) atoms. The zero-order valence-electron chi connectivity index (χ0n) is 8.32. The van der Waals surface area contributed by atoms with Crippen LogP contribution in [0.3, 0.4) is 0 Å². The van der Waals surface area contributed by atoms with Gasteiger partial charge in [-0.15, -0.1) is 0 Å². The van der Waals surface area contributed by atoms with Gasteiger partial charge in [-0.05, 0) is 6.42 Å². The molecule has 1 amide bonds. The van der Waals surface area contributed by atoms with Crippen LogP contribution < -0.4 is 5.73 Å². The van der Waals surface area contributed by atoms with E-state index < -0.39 is 30.9 Å². The summed E-state index contributed by atoms with van der Waals surface area (Å²) in [7, 11) is 1.20. The van der Waals surface area contributed by atoms with Gasteiger partial charge in [-0.25, -0.2) is 8.78 Å². The molecule has 0 bridgehead atoms. The highest BCUT2D eigenvalue weighted by atomic mass is 19.3. The number of carbonyl (C=O) groups excluding carboxylic acids is 1. The summed E-state index contributed by atoms with van der Waals surface area (Å²) in [6.07, 6.45) is -2.93. The molecule has 0 aromatic carbocycles. The predicted octanol–water partition coefficient (Wildman–Crippen LogP) is -0.0980. The molecule has 0 aromatic heterocycles. The summed E-state index contributed by atoms with van der Waals surface area (Å²) in [5, 5.41) is 8.33. The van der Waals surface area contributed by atoms with Gasteiger partial charge in [0, 0.05) is 13.5 Å². The van der Waals surface area contributed by atoms with Crippen LogP contribution in [-0.4, -0.2) is 47.9 Å². The second-order valence-corrected chi connectivity index (χ2v) is 3.15. The fraction of sp³-hybridized carbons (Fsp3) is 0.750. The van der Waals surface area contributed by atoms with Gasteiger partial charge in [0.05, 0.1) is 12.6 Å². The Bertz CT molecular complexity index is 236. The molecule has 0 aliphatic heterocycles.